The first-order valence-corrected chi connectivity index (χ1v) is 12.2. The summed E-state index contributed by atoms with van der Waals surface area (Å²) in [5.41, 5.74) is 4.73. The molecule has 1 amide bonds. The van der Waals surface area contributed by atoms with Gasteiger partial charge in [0.2, 0.25) is 5.75 Å². The third kappa shape index (κ3) is 5.63. The highest BCUT2D eigenvalue weighted by Gasteiger charge is 2.17. The van der Waals surface area contributed by atoms with Gasteiger partial charge in [0, 0.05) is 18.5 Å². The largest absolute Gasteiger partial charge is 0.493 e. The monoisotopic (exact) mass is 503 g/mol. The molecule has 0 spiro atoms. The van der Waals surface area contributed by atoms with E-state index < -0.39 is 0 Å². The average molecular weight is 504 g/mol. The number of imidazole rings is 1. The van der Waals surface area contributed by atoms with Gasteiger partial charge in [0.05, 0.1) is 38.9 Å². The number of rotatable bonds is 11. The molecule has 0 saturated carbocycles. The smallest absolute Gasteiger partial charge is 0.251 e. The third-order valence-electron chi connectivity index (χ3n) is 6.42. The van der Waals surface area contributed by atoms with Crippen LogP contribution in [0.15, 0.2) is 54.6 Å². The van der Waals surface area contributed by atoms with Crippen molar-refractivity contribution >= 4 is 16.9 Å². The summed E-state index contributed by atoms with van der Waals surface area (Å²) < 4.78 is 24.3. The summed E-state index contributed by atoms with van der Waals surface area (Å²) in [5.74, 6) is 2.84. The van der Waals surface area contributed by atoms with Crippen LogP contribution in [0.1, 0.15) is 27.3 Å². The predicted octanol–water partition coefficient (Wildman–Crippen LogP) is 4.73. The van der Waals surface area contributed by atoms with Gasteiger partial charge in [-0.15, -0.1) is 0 Å². The fourth-order valence-electron chi connectivity index (χ4n) is 4.30. The van der Waals surface area contributed by atoms with Crippen molar-refractivity contribution in [3.05, 3.63) is 77.1 Å². The van der Waals surface area contributed by atoms with Crippen LogP contribution in [0.5, 0.6) is 23.0 Å². The van der Waals surface area contributed by atoms with Crippen molar-refractivity contribution in [1.82, 2.24) is 14.9 Å². The van der Waals surface area contributed by atoms with Crippen LogP contribution in [0.3, 0.4) is 0 Å². The van der Waals surface area contributed by atoms with Gasteiger partial charge in [-0.1, -0.05) is 24.3 Å². The third-order valence-corrected chi connectivity index (χ3v) is 6.42. The maximum Gasteiger partial charge on any atom is 0.251 e. The number of para-hydroxylation sites is 2. The van der Waals surface area contributed by atoms with Gasteiger partial charge < -0.3 is 28.8 Å². The summed E-state index contributed by atoms with van der Waals surface area (Å²) in [6, 6.07) is 17.4. The molecule has 1 aromatic heterocycles. The van der Waals surface area contributed by atoms with Crippen LogP contribution >= 0.6 is 0 Å². The molecule has 0 aliphatic heterocycles. The molecule has 0 unspecified atom stereocenters. The lowest BCUT2D eigenvalue weighted by molar-refractivity contribution is 0.0953. The van der Waals surface area contributed by atoms with Gasteiger partial charge in [-0.25, -0.2) is 4.98 Å². The Labute approximate surface area is 217 Å². The normalized spacial score (nSPS) is 10.8. The number of benzene rings is 3. The van der Waals surface area contributed by atoms with Crippen LogP contribution < -0.4 is 24.3 Å². The number of carbonyl (C=O) groups excluding carboxylic acids is 1. The zero-order valence-corrected chi connectivity index (χ0v) is 22.0. The van der Waals surface area contributed by atoms with E-state index in [1.165, 1.54) is 26.9 Å². The van der Waals surface area contributed by atoms with Gasteiger partial charge >= 0.3 is 0 Å². The van der Waals surface area contributed by atoms with Crippen molar-refractivity contribution in [2.45, 2.75) is 26.8 Å². The molecule has 1 N–H and O–H groups in total. The molecular weight excluding hydrogens is 470 g/mol. The van der Waals surface area contributed by atoms with Crippen LogP contribution in [0, 0.1) is 13.8 Å². The second kappa shape index (κ2) is 11.7. The van der Waals surface area contributed by atoms with Gasteiger partial charge in [-0.3, -0.25) is 4.79 Å². The van der Waals surface area contributed by atoms with Crippen molar-refractivity contribution < 1.29 is 23.7 Å². The Bertz CT molecular complexity index is 1370. The Morgan fingerprint density at radius 2 is 1.65 bits per heavy atom. The topological polar surface area (TPSA) is 83.8 Å². The zero-order chi connectivity index (χ0) is 26.4. The quantitative estimate of drug-likeness (QED) is 0.319. The van der Waals surface area contributed by atoms with Gasteiger partial charge in [-0.2, -0.15) is 0 Å². The second-order valence-electron chi connectivity index (χ2n) is 8.63. The first kappa shape index (κ1) is 25.9. The summed E-state index contributed by atoms with van der Waals surface area (Å²) in [6.45, 7) is 5.71. The van der Waals surface area contributed by atoms with Gasteiger partial charge in [0.1, 0.15) is 18.2 Å². The van der Waals surface area contributed by atoms with Gasteiger partial charge in [-0.05, 0) is 55.3 Å². The number of methoxy groups -OCH3 is 3. The van der Waals surface area contributed by atoms with Crippen molar-refractivity contribution in [2.75, 3.05) is 34.5 Å². The van der Waals surface area contributed by atoms with Crippen LogP contribution in [0.25, 0.3) is 11.0 Å². The van der Waals surface area contributed by atoms with E-state index in [9.17, 15) is 4.79 Å². The zero-order valence-electron chi connectivity index (χ0n) is 22.0. The Morgan fingerprint density at radius 1 is 0.919 bits per heavy atom. The lowest BCUT2D eigenvalue weighted by Crippen LogP contribution is -2.27. The molecule has 0 saturated heterocycles. The summed E-state index contributed by atoms with van der Waals surface area (Å²) in [6.07, 6.45) is 0.564. The molecule has 0 atom stereocenters. The highest BCUT2D eigenvalue weighted by atomic mass is 16.5. The lowest BCUT2D eigenvalue weighted by atomic mass is 10.1. The average Bonchev–Trinajstić information content (AvgIpc) is 3.27. The molecule has 3 aromatic carbocycles. The fraction of sp³-hybridized carbons (Fsp3) is 0.310. The molecule has 8 heteroatoms. The number of fused-ring (bicyclic) bond motifs is 1. The van der Waals surface area contributed by atoms with Crippen LogP contribution in [-0.4, -0.2) is 49.9 Å². The minimum absolute atomic E-state index is 0.236. The Hall–Kier alpha value is -4.20. The molecule has 37 heavy (non-hydrogen) atoms. The molecule has 0 bridgehead atoms. The van der Waals surface area contributed by atoms with E-state index in [0.717, 1.165) is 28.2 Å². The SMILES string of the molecule is COc1cc(C(=O)NCCc2nc3ccccc3n2CCOc2cccc(C)c2C)cc(OC)c1OC. The number of aromatic nitrogens is 2. The van der Waals surface area contributed by atoms with Crippen molar-refractivity contribution in [3.8, 4) is 23.0 Å². The Morgan fingerprint density at radius 3 is 2.35 bits per heavy atom. The number of carbonyl (C=O) groups is 1. The van der Waals surface area contributed by atoms with E-state index in [4.69, 9.17) is 23.9 Å². The number of aryl methyl sites for hydroxylation is 1. The molecule has 0 aliphatic rings. The molecule has 0 fully saturated rings. The minimum Gasteiger partial charge on any atom is -0.493 e. The number of nitrogens with one attached hydrogen (secondary N) is 1. The minimum atomic E-state index is -0.236. The molecule has 1 heterocycles. The first-order valence-electron chi connectivity index (χ1n) is 12.2. The van der Waals surface area contributed by atoms with Crippen LogP contribution in [0.4, 0.5) is 0 Å². The van der Waals surface area contributed by atoms with E-state index >= 15 is 0 Å². The Kier molecular flexibility index (Phi) is 8.18. The van der Waals surface area contributed by atoms with Crippen LogP contribution in [0.2, 0.25) is 0 Å². The van der Waals surface area contributed by atoms with Gasteiger partial charge in [0.15, 0.2) is 11.5 Å². The van der Waals surface area contributed by atoms with E-state index in [0.29, 0.717) is 48.9 Å². The molecule has 4 aromatic rings. The summed E-state index contributed by atoms with van der Waals surface area (Å²) in [5, 5.41) is 2.98. The van der Waals surface area contributed by atoms with E-state index in [1.54, 1.807) is 12.1 Å². The van der Waals surface area contributed by atoms with Gasteiger partial charge in [0.25, 0.3) is 5.91 Å². The van der Waals surface area contributed by atoms with Crippen molar-refractivity contribution in [1.29, 1.82) is 0 Å². The maximum absolute atomic E-state index is 12.9. The Balaban J connectivity index is 1.45. The standard InChI is InChI=1S/C29H33N3O5/c1-19-9-8-12-24(20(19)2)37-16-15-32-23-11-7-6-10-22(23)31-27(32)13-14-30-29(33)21-17-25(34-3)28(36-5)26(18-21)35-4/h6-12,17-18H,13-16H2,1-5H3,(H,30,33). The second-order valence-corrected chi connectivity index (χ2v) is 8.63. The van der Waals surface area contributed by atoms with E-state index in [2.05, 4.69) is 35.9 Å². The van der Waals surface area contributed by atoms with Crippen molar-refractivity contribution in [3.63, 3.8) is 0 Å². The molecule has 194 valence electrons. The highest BCUT2D eigenvalue weighted by Crippen LogP contribution is 2.38. The molecule has 4 rings (SSSR count). The summed E-state index contributed by atoms with van der Waals surface area (Å²) in [4.78, 5) is 17.7. The highest BCUT2D eigenvalue weighted by molar-refractivity contribution is 5.95. The van der Waals surface area contributed by atoms with Crippen molar-refractivity contribution in [2.24, 2.45) is 0 Å². The maximum atomic E-state index is 12.9. The number of hydrogen-bond donors (Lipinski definition) is 1. The first-order chi connectivity index (χ1) is 18.0. The van der Waals surface area contributed by atoms with E-state index in [-0.39, 0.29) is 5.91 Å². The summed E-state index contributed by atoms with van der Waals surface area (Å²) in [7, 11) is 4.57. The number of ether oxygens (including phenoxy) is 4. The number of amides is 1. The van der Waals surface area contributed by atoms with Crippen LogP contribution in [-0.2, 0) is 13.0 Å². The molecule has 0 radical (unpaired) electrons. The van der Waals surface area contributed by atoms with E-state index in [1.807, 2.05) is 30.3 Å². The molecule has 0 aliphatic carbocycles. The molecule has 8 nitrogen and oxygen atoms in total. The number of hydrogen-bond acceptors (Lipinski definition) is 6. The predicted molar refractivity (Wildman–Crippen MR) is 143 cm³/mol. The summed E-state index contributed by atoms with van der Waals surface area (Å²) >= 11 is 0. The number of nitrogens with zero attached hydrogens (tertiary/aromatic N) is 2. The molecular formula is C29H33N3O5. The fourth-order valence-corrected chi connectivity index (χ4v) is 4.30. The lowest BCUT2D eigenvalue weighted by Gasteiger charge is -2.14.